The lowest BCUT2D eigenvalue weighted by Gasteiger charge is -2.18. The van der Waals surface area contributed by atoms with Crippen LogP contribution in [0, 0.1) is 35.1 Å². The van der Waals surface area contributed by atoms with E-state index in [0.29, 0.717) is 24.0 Å². The van der Waals surface area contributed by atoms with Gasteiger partial charge in [0, 0.05) is 42.4 Å². The van der Waals surface area contributed by atoms with Crippen LogP contribution in [-0.4, -0.2) is 0 Å². The maximum atomic E-state index is 15.6. The smallest absolute Gasteiger partial charge is 0.129 e. The summed E-state index contributed by atoms with van der Waals surface area (Å²) in [6.45, 7) is 8.41. The fourth-order valence-corrected chi connectivity index (χ4v) is 8.53. The van der Waals surface area contributed by atoms with Gasteiger partial charge in [0.2, 0.25) is 0 Å². The third-order valence-corrected chi connectivity index (χ3v) is 11.1. The van der Waals surface area contributed by atoms with Crippen molar-refractivity contribution >= 4 is 42.8 Å². The van der Waals surface area contributed by atoms with Crippen molar-refractivity contribution in [3.63, 3.8) is 0 Å². The number of rotatable bonds is 14. The van der Waals surface area contributed by atoms with Crippen LogP contribution in [0.25, 0.3) is 42.4 Å². The molecular formula is C38H42F4S2. The number of hydrogen-bond donors (Lipinski definition) is 0. The summed E-state index contributed by atoms with van der Waals surface area (Å²) in [5.74, 6) is -1.58. The van der Waals surface area contributed by atoms with Crippen molar-refractivity contribution in [2.24, 2.45) is 11.8 Å². The Balaban J connectivity index is 1.59. The van der Waals surface area contributed by atoms with E-state index in [9.17, 15) is 0 Å². The molecule has 0 amide bonds. The van der Waals surface area contributed by atoms with Gasteiger partial charge in [0.15, 0.2) is 0 Å². The molecule has 0 bridgehead atoms. The molecular weight excluding hydrogens is 597 g/mol. The van der Waals surface area contributed by atoms with Crippen LogP contribution in [0.1, 0.15) is 90.2 Å². The molecule has 44 heavy (non-hydrogen) atoms. The second-order valence-electron chi connectivity index (χ2n) is 12.2. The largest absolute Gasteiger partial charge is 0.207 e. The Kier molecular flexibility index (Phi) is 10.8. The van der Waals surface area contributed by atoms with Gasteiger partial charge < -0.3 is 0 Å². The predicted molar refractivity (Wildman–Crippen MR) is 182 cm³/mol. The van der Waals surface area contributed by atoms with Gasteiger partial charge in [-0.25, -0.2) is 17.6 Å². The van der Waals surface area contributed by atoms with Crippen molar-refractivity contribution in [1.82, 2.24) is 0 Å². The van der Waals surface area contributed by atoms with E-state index in [4.69, 9.17) is 0 Å². The second-order valence-corrected chi connectivity index (χ2v) is 14.0. The highest BCUT2D eigenvalue weighted by Gasteiger charge is 2.24. The first-order valence-electron chi connectivity index (χ1n) is 16.2. The molecule has 5 aromatic rings. The Labute approximate surface area is 267 Å². The van der Waals surface area contributed by atoms with Crippen LogP contribution in [0.2, 0.25) is 0 Å². The molecule has 2 atom stereocenters. The Bertz CT molecular complexity index is 1510. The van der Waals surface area contributed by atoms with Crippen LogP contribution in [0.4, 0.5) is 17.6 Å². The minimum absolute atomic E-state index is 0.156. The summed E-state index contributed by atoms with van der Waals surface area (Å²) in [5, 5.41) is 5.53. The van der Waals surface area contributed by atoms with Crippen LogP contribution in [0.5, 0.6) is 0 Å². The molecule has 0 radical (unpaired) electrons. The quantitative estimate of drug-likeness (QED) is 0.106. The average Bonchev–Trinajstić information content (AvgIpc) is 3.68. The van der Waals surface area contributed by atoms with Crippen molar-refractivity contribution in [2.45, 2.75) is 91.9 Å². The van der Waals surface area contributed by atoms with Crippen LogP contribution in [0.15, 0.2) is 47.2 Å². The van der Waals surface area contributed by atoms with Crippen LogP contribution in [-0.2, 0) is 12.8 Å². The zero-order valence-corrected chi connectivity index (χ0v) is 27.8. The molecule has 0 spiro atoms. The van der Waals surface area contributed by atoms with Gasteiger partial charge in [-0.15, -0.1) is 22.7 Å². The van der Waals surface area contributed by atoms with Crippen molar-refractivity contribution < 1.29 is 17.6 Å². The summed E-state index contributed by atoms with van der Waals surface area (Å²) in [5.41, 5.74) is 2.80. The SMILES string of the molecule is CCCCC(CC)Cc1c(F)cc(-c2c3ccsc3c(-c3cc(F)c(CC(CC)CCCC)c(F)c3)c3ccsc23)cc1F. The van der Waals surface area contributed by atoms with E-state index in [-0.39, 0.29) is 23.0 Å². The standard InChI is InChI=1S/C38H42F4S2/c1-5-9-11-23(7-3)17-29-31(39)19-25(20-32(29)40)35-27-13-15-44-38(27)36(28-14-16-43-37(28)35)26-21-33(41)30(34(42)22-26)18-24(8-4)12-10-6-2/h13-16,19-24H,5-12,17-18H2,1-4H3. The number of fused-ring (bicyclic) bond motifs is 2. The average molecular weight is 639 g/mol. The summed E-state index contributed by atoms with van der Waals surface area (Å²) in [7, 11) is 0. The van der Waals surface area contributed by atoms with Gasteiger partial charge in [0.05, 0.1) is 0 Å². The monoisotopic (exact) mass is 638 g/mol. The Morgan fingerprint density at radius 3 is 1.25 bits per heavy atom. The highest BCUT2D eigenvalue weighted by atomic mass is 32.1. The van der Waals surface area contributed by atoms with Gasteiger partial charge in [0.1, 0.15) is 23.3 Å². The highest BCUT2D eigenvalue weighted by Crippen LogP contribution is 2.48. The van der Waals surface area contributed by atoms with E-state index >= 15 is 17.6 Å². The normalized spacial score (nSPS) is 13.3. The number of benzene rings is 3. The van der Waals surface area contributed by atoms with Crippen molar-refractivity contribution in [2.75, 3.05) is 0 Å². The number of hydrogen-bond acceptors (Lipinski definition) is 2. The predicted octanol–water partition coefficient (Wildman–Crippen LogP) is 13.5. The first kappa shape index (κ1) is 32.7. The number of unbranched alkanes of at least 4 members (excludes halogenated alkanes) is 2. The molecule has 0 aliphatic carbocycles. The second kappa shape index (κ2) is 14.6. The Morgan fingerprint density at radius 2 is 0.932 bits per heavy atom. The lowest BCUT2D eigenvalue weighted by atomic mass is 9.88. The van der Waals surface area contributed by atoms with Crippen molar-refractivity contribution in [1.29, 1.82) is 0 Å². The molecule has 2 aromatic heterocycles. The third-order valence-electron chi connectivity index (χ3n) is 9.25. The molecule has 3 aromatic carbocycles. The summed E-state index contributed by atoms with van der Waals surface area (Å²) in [6, 6.07) is 9.75. The minimum atomic E-state index is -0.517. The summed E-state index contributed by atoms with van der Waals surface area (Å²) < 4.78 is 64.1. The van der Waals surface area contributed by atoms with E-state index in [0.717, 1.165) is 82.7 Å². The minimum Gasteiger partial charge on any atom is -0.207 e. The molecule has 0 aliphatic rings. The fourth-order valence-electron chi connectivity index (χ4n) is 6.57. The fraction of sp³-hybridized carbons (Fsp3) is 0.421. The van der Waals surface area contributed by atoms with E-state index < -0.39 is 23.3 Å². The maximum absolute atomic E-state index is 15.6. The number of thiophene rings is 2. The molecule has 2 heterocycles. The van der Waals surface area contributed by atoms with Crippen LogP contribution in [0.3, 0.4) is 0 Å². The van der Waals surface area contributed by atoms with E-state index in [1.54, 1.807) is 0 Å². The first-order chi connectivity index (χ1) is 21.3. The zero-order chi connectivity index (χ0) is 31.4. The van der Waals surface area contributed by atoms with E-state index in [1.807, 2.05) is 22.9 Å². The molecule has 0 nitrogen and oxygen atoms in total. The van der Waals surface area contributed by atoms with E-state index in [1.165, 1.54) is 46.9 Å². The van der Waals surface area contributed by atoms with Crippen LogP contribution < -0.4 is 0 Å². The Morgan fingerprint density at radius 1 is 0.568 bits per heavy atom. The molecule has 6 heteroatoms. The molecule has 0 fully saturated rings. The summed E-state index contributed by atoms with van der Waals surface area (Å²) >= 11 is 2.96. The van der Waals surface area contributed by atoms with Crippen molar-refractivity contribution in [3.05, 3.63) is 81.6 Å². The number of halogens is 4. The zero-order valence-electron chi connectivity index (χ0n) is 26.2. The van der Waals surface area contributed by atoms with Gasteiger partial charge in [-0.2, -0.15) is 0 Å². The summed E-state index contributed by atoms with van der Waals surface area (Å²) in [6.07, 6.45) is 8.68. The molecule has 0 N–H and O–H groups in total. The highest BCUT2D eigenvalue weighted by molar-refractivity contribution is 7.20. The van der Waals surface area contributed by atoms with Gasteiger partial charge in [0.25, 0.3) is 0 Å². The Hall–Kier alpha value is -2.70. The van der Waals surface area contributed by atoms with Gasteiger partial charge >= 0.3 is 0 Å². The lowest BCUT2D eigenvalue weighted by molar-refractivity contribution is 0.428. The first-order valence-corrected chi connectivity index (χ1v) is 17.9. The molecule has 5 rings (SSSR count). The molecule has 0 aliphatic heterocycles. The third kappa shape index (κ3) is 6.62. The van der Waals surface area contributed by atoms with Gasteiger partial charge in [-0.1, -0.05) is 79.1 Å². The van der Waals surface area contributed by atoms with E-state index in [2.05, 4.69) is 27.7 Å². The van der Waals surface area contributed by atoms with Gasteiger partial charge in [-0.3, -0.25) is 0 Å². The molecule has 0 saturated heterocycles. The van der Waals surface area contributed by atoms with Gasteiger partial charge in [-0.05, 0) is 83.0 Å². The molecule has 234 valence electrons. The lowest BCUT2D eigenvalue weighted by Crippen LogP contribution is -2.08. The topological polar surface area (TPSA) is 0 Å². The molecule has 0 saturated carbocycles. The maximum Gasteiger partial charge on any atom is 0.129 e. The van der Waals surface area contributed by atoms with Crippen LogP contribution >= 0.6 is 22.7 Å². The summed E-state index contributed by atoms with van der Waals surface area (Å²) in [4.78, 5) is 0. The molecule has 2 unspecified atom stereocenters. The van der Waals surface area contributed by atoms with Crippen molar-refractivity contribution in [3.8, 4) is 22.3 Å².